The van der Waals surface area contributed by atoms with E-state index in [0.29, 0.717) is 10.8 Å². The molecule has 0 heterocycles. The topological polar surface area (TPSA) is 96.0 Å². The summed E-state index contributed by atoms with van der Waals surface area (Å²) >= 11 is 6.06. The van der Waals surface area contributed by atoms with Crippen molar-refractivity contribution in [1.29, 1.82) is 0 Å². The van der Waals surface area contributed by atoms with Crippen LogP contribution in [0.1, 0.15) is 23.6 Å². The van der Waals surface area contributed by atoms with Gasteiger partial charge in [-0.25, -0.2) is 8.42 Å². The van der Waals surface area contributed by atoms with E-state index < -0.39 is 28.5 Å². The van der Waals surface area contributed by atoms with Crippen molar-refractivity contribution < 1.29 is 22.7 Å². The SMILES string of the molecule is CCOc1ccccc1N(CC(=O)N(Cc1ccccc1C)C(Cc1ccccc1)C(=O)NC)S(=O)(=O)c1ccc(Cl)cc1. The molecule has 8 nitrogen and oxygen atoms in total. The molecule has 0 aromatic heterocycles. The molecule has 230 valence electrons. The fourth-order valence-corrected chi connectivity index (χ4v) is 6.43. The zero-order valence-corrected chi connectivity index (χ0v) is 26.5. The molecule has 4 aromatic rings. The van der Waals surface area contributed by atoms with Crippen LogP contribution in [0.5, 0.6) is 5.75 Å². The first-order valence-electron chi connectivity index (χ1n) is 14.2. The minimum Gasteiger partial charge on any atom is -0.492 e. The van der Waals surface area contributed by atoms with E-state index in [1.807, 2.05) is 61.5 Å². The first-order chi connectivity index (χ1) is 21.1. The third-order valence-corrected chi connectivity index (χ3v) is 9.26. The van der Waals surface area contributed by atoms with Crippen LogP contribution in [-0.4, -0.2) is 51.4 Å². The first-order valence-corrected chi connectivity index (χ1v) is 16.1. The number of carbonyl (C=O) groups excluding carboxylic acids is 2. The van der Waals surface area contributed by atoms with Crippen molar-refractivity contribution in [3.63, 3.8) is 0 Å². The Bertz CT molecular complexity index is 1680. The molecule has 1 unspecified atom stereocenters. The van der Waals surface area contributed by atoms with Gasteiger partial charge in [0, 0.05) is 25.0 Å². The molecule has 4 aromatic carbocycles. The van der Waals surface area contributed by atoms with Crippen molar-refractivity contribution in [1.82, 2.24) is 10.2 Å². The van der Waals surface area contributed by atoms with Crippen molar-refractivity contribution in [3.8, 4) is 5.75 Å². The highest BCUT2D eigenvalue weighted by Gasteiger charge is 2.35. The molecule has 0 aliphatic rings. The molecule has 0 radical (unpaired) electrons. The molecule has 0 saturated carbocycles. The number of hydrogen-bond donors (Lipinski definition) is 1. The Morgan fingerprint density at radius 3 is 2.18 bits per heavy atom. The molecule has 0 bridgehead atoms. The summed E-state index contributed by atoms with van der Waals surface area (Å²) in [5, 5.41) is 3.07. The van der Waals surface area contributed by atoms with Gasteiger partial charge in [-0.3, -0.25) is 13.9 Å². The van der Waals surface area contributed by atoms with Crippen molar-refractivity contribution in [2.45, 2.75) is 37.8 Å². The lowest BCUT2D eigenvalue weighted by Gasteiger charge is -2.34. The van der Waals surface area contributed by atoms with E-state index in [1.54, 1.807) is 31.2 Å². The predicted octanol–water partition coefficient (Wildman–Crippen LogP) is 5.63. The van der Waals surface area contributed by atoms with Gasteiger partial charge in [0.1, 0.15) is 18.3 Å². The number of nitrogens with zero attached hydrogens (tertiary/aromatic N) is 2. The molecule has 10 heteroatoms. The maximum absolute atomic E-state index is 14.5. The lowest BCUT2D eigenvalue weighted by molar-refractivity contribution is -0.139. The summed E-state index contributed by atoms with van der Waals surface area (Å²) in [5.74, 6) is -0.614. The van der Waals surface area contributed by atoms with Crippen LogP contribution < -0.4 is 14.4 Å². The summed E-state index contributed by atoms with van der Waals surface area (Å²) in [5.41, 5.74) is 2.83. The van der Waals surface area contributed by atoms with Gasteiger partial charge < -0.3 is 15.0 Å². The Balaban J connectivity index is 1.83. The molecule has 2 amide bonds. The summed E-state index contributed by atoms with van der Waals surface area (Å²) in [4.78, 5) is 29.3. The predicted molar refractivity (Wildman–Crippen MR) is 173 cm³/mol. The van der Waals surface area contributed by atoms with Gasteiger partial charge in [-0.05, 0) is 66.9 Å². The molecule has 0 aliphatic heterocycles. The van der Waals surface area contributed by atoms with Gasteiger partial charge in [0.2, 0.25) is 11.8 Å². The monoisotopic (exact) mass is 633 g/mol. The van der Waals surface area contributed by atoms with Crippen LogP contribution in [0, 0.1) is 6.92 Å². The highest BCUT2D eigenvalue weighted by molar-refractivity contribution is 7.92. The normalized spacial score (nSPS) is 11.8. The quantitative estimate of drug-likeness (QED) is 0.206. The van der Waals surface area contributed by atoms with Gasteiger partial charge in [-0.2, -0.15) is 0 Å². The zero-order chi connectivity index (χ0) is 31.7. The number of likely N-dealkylation sites (N-methyl/N-ethyl adjacent to an activating group) is 1. The Morgan fingerprint density at radius 1 is 0.886 bits per heavy atom. The Hall–Kier alpha value is -4.34. The van der Waals surface area contributed by atoms with Crippen molar-refractivity contribution in [2.75, 3.05) is 24.5 Å². The standard InChI is InChI=1S/C34H36ClN3O5S/c1-4-43-32-17-11-10-16-30(32)38(44(41,42)29-20-18-28(35)19-21-29)24-33(39)37(23-27-15-9-8-12-25(27)2)31(34(40)36-3)22-26-13-6-5-7-14-26/h5-21,31H,4,22-24H2,1-3H3,(H,36,40). The number of ether oxygens (including phenoxy) is 1. The lowest BCUT2D eigenvalue weighted by atomic mass is 10.0. The number of aryl methyl sites for hydroxylation is 1. The average Bonchev–Trinajstić information content (AvgIpc) is 3.03. The minimum atomic E-state index is -4.29. The number of hydrogen-bond acceptors (Lipinski definition) is 5. The molecular weight excluding hydrogens is 598 g/mol. The summed E-state index contributed by atoms with van der Waals surface area (Å²) in [6, 6.07) is 28.5. The molecular formula is C34H36ClN3O5S. The second-order valence-electron chi connectivity index (χ2n) is 10.1. The number of sulfonamides is 1. The van der Waals surface area contributed by atoms with Crippen LogP contribution in [0.15, 0.2) is 108 Å². The lowest BCUT2D eigenvalue weighted by Crippen LogP contribution is -2.53. The number of benzene rings is 4. The maximum atomic E-state index is 14.5. The number of carbonyl (C=O) groups is 2. The van der Waals surface area contributed by atoms with Crippen LogP contribution in [0.4, 0.5) is 5.69 Å². The molecule has 44 heavy (non-hydrogen) atoms. The molecule has 0 fully saturated rings. The van der Waals surface area contributed by atoms with Gasteiger partial charge in [0.15, 0.2) is 0 Å². The summed E-state index contributed by atoms with van der Waals surface area (Å²) in [7, 11) is -2.76. The maximum Gasteiger partial charge on any atom is 0.264 e. The second-order valence-corrected chi connectivity index (χ2v) is 12.4. The van der Waals surface area contributed by atoms with Crippen molar-refractivity contribution in [3.05, 3.63) is 125 Å². The fourth-order valence-electron chi connectivity index (χ4n) is 4.88. The molecule has 1 N–H and O–H groups in total. The van der Waals surface area contributed by atoms with Gasteiger partial charge in [-0.1, -0.05) is 78.3 Å². The van der Waals surface area contributed by atoms with Crippen molar-refractivity contribution >= 4 is 39.1 Å². The number of nitrogens with one attached hydrogen (secondary N) is 1. The van der Waals surface area contributed by atoms with Crippen LogP contribution in [0.25, 0.3) is 0 Å². The number of halogens is 1. The number of anilines is 1. The minimum absolute atomic E-state index is 0.0430. The third-order valence-electron chi connectivity index (χ3n) is 7.23. The van der Waals surface area contributed by atoms with E-state index in [9.17, 15) is 18.0 Å². The summed E-state index contributed by atoms with van der Waals surface area (Å²) < 4.78 is 35.2. The molecule has 4 rings (SSSR count). The third kappa shape index (κ3) is 7.78. The van der Waals surface area contributed by atoms with E-state index in [0.717, 1.165) is 21.0 Å². The second kappa shape index (κ2) is 14.9. The number of rotatable bonds is 13. The van der Waals surface area contributed by atoms with E-state index in [4.69, 9.17) is 16.3 Å². The summed E-state index contributed by atoms with van der Waals surface area (Å²) in [6.45, 7) is 3.53. The Labute approximate surface area is 264 Å². The van der Waals surface area contributed by atoms with Gasteiger partial charge in [0.05, 0.1) is 17.2 Å². The Morgan fingerprint density at radius 2 is 1.52 bits per heavy atom. The zero-order valence-electron chi connectivity index (χ0n) is 24.9. The van der Waals surface area contributed by atoms with Crippen LogP contribution in [0.3, 0.4) is 0 Å². The molecule has 0 spiro atoms. The Kier molecular flexibility index (Phi) is 11.0. The summed E-state index contributed by atoms with van der Waals surface area (Å²) in [6.07, 6.45) is 0.234. The van der Waals surface area contributed by atoms with Gasteiger partial charge in [-0.15, -0.1) is 0 Å². The highest BCUT2D eigenvalue weighted by atomic mass is 35.5. The molecule has 0 saturated heterocycles. The van der Waals surface area contributed by atoms with Crippen LogP contribution >= 0.6 is 11.6 Å². The average molecular weight is 634 g/mol. The first kappa shape index (κ1) is 32.6. The highest BCUT2D eigenvalue weighted by Crippen LogP contribution is 2.33. The van der Waals surface area contributed by atoms with Crippen LogP contribution in [0.2, 0.25) is 5.02 Å². The largest absolute Gasteiger partial charge is 0.492 e. The van der Waals surface area contributed by atoms with E-state index >= 15 is 0 Å². The number of para-hydroxylation sites is 2. The number of amides is 2. The fraction of sp³-hybridized carbons (Fsp3) is 0.235. The molecule has 1 atom stereocenters. The smallest absolute Gasteiger partial charge is 0.264 e. The molecule has 0 aliphatic carbocycles. The van der Waals surface area contributed by atoms with Gasteiger partial charge >= 0.3 is 0 Å². The van der Waals surface area contributed by atoms with E-state index in [-0.39, 0.29) is 36.1 Å². The van der Waals surface area contributed by atoms with E-state index in [1.165, 1.54) is 36.2 Å². The van der Waals surface area contributed by atoms with Crippen molar-refractivity contribution in [2.24, 2.45) is 0 Å². The van der Waals surface area contributed by atoms with E-state index in [2.05, 4.69) is 5.32 Å². The van der Waals surface area contributed by atoms with Gasteiger partial charge in [0.25, 0.3) is 10.0 Å². The van der Waals surface area contributed by atoms with Crippen LogP contribution in [-0.2, 0) is 32.6 Å².